The third-order valence-corrected chi connectivity index (χ3v) is 4.23. The standard InChI is InChI=1S/C14H10ClF3O2S/c1-21(19,20)13-6-5-10(8-12(13)14(16,17)18)9-3-2-4-11(15)7-9/h2-8H,1H3. The zero-order chi connectivity index (χ0) is 15.8. The van der Waals surface area contributed by atoms with Gasteiger partial charge in [0.25, 0.3) is 0 Å². The van der Waals surface area contributed by atoms with E-state index in [-0.39, 0.29) is 5.56 Å². The average molecular weight is 335 g/mol. The Morgan fingerprint density at radius 1 is 1.00 bits per heavy atom. The predicted octanol–water partition coefficient (Wildman–Crippen LogP) is 4.43. The minimum Gasteiger partial charge on any atom is -0.224 e. The zero-order valence-electron chi connectivity index (χ0n) is 10.8. The molecule has 0 radical (unpaired) electrons. The van der Waals surface area contributed by atoms with Crippen molar-refractivity contribution < 1.29 is 21.6 Å². The number of alkyl halides is 3. The maximum Gasteiger partial charge on any atom is 0.417 e. The van der Waals surface area contributed by atoms with Gasteiger partial charge < -0.3 is 0 Å². The second-order valence-corrected chi connectivity index (χ2v) is 6.91. The van der Waals surface area contributed by atoms with Crippen molar-refractivity contribution in [1.29, 1.82) is 0 Å². The van der Waals surface area contributed by atoms with Gasteiger partial charge in [-0.15, -0.1) is 0 Å². The van der Waals surface area contributed by atoms with Crippen LogP contribution in [0.4, 0.5) is 13.2 Å². The SMILES string of the molecule is CS(=O)(=O)c1ccc(-c2cccc(Cl)c2)cc1C(F)(F)F. The highest BCUT2D eigenvalue weighted by Gasteiger charge is 2.36. The van der Waals surface area contributed by atoms with Crippen molar-refractivity contribution in [2.45, 2.75) is 11.1 Å². The van der Waals surface area contributed by atoms with Crippen LogP contribution in [-0.2, 0) is 16.0 Å². The molecule has 7 heteroatoms. The van der Waals surface area contributed by atoms with E-state index < -0.39 is 26.5 Å². The first kappa shape index (κ1) is 15.9. The largest absolute Gasteiger partial charge is 0.417 e. The van der Waals surface area contributed by atoms with Gasteiger partial charge in [0.2, 0.25) is 0 Å². The maximum absolute atomic E-state index is 13.1. The number of halogens is 4. The molecule has 0 aliphatic carbocycles. The summed E-state index contributed by atoms with van der Waals surface area (Å²) < 4.78 is 62.2. The van der Waals surface area contributed by atoms with Crippen molar-refractivity contribution in [3.05, 3.63) is 53.1 Å². The molecule has 0 atom stereocenters. The second kappa shape index (κ2) is 5.35. The summed E-state index contributed by atoms with van der Waals surface area (Å²) in [7, 11) is -3.97. The summed E-state index contributed by atoms with van der Waals surface area (Å²) in [4.78, 5) is -0.735. The molecule has 2 aromatic carbocycles. The van der Waals surface area contributed by atoms with Gasteiger partial charge in [-0.25, -0.2) is 8.42 Å². The van der Waals surface area contributed by atoms with Crippen LogP contribution in [0.2, 0.25) is 5.02 Å². The molecule has 0 spiro atoms. The molecule has 0 saturated carbocycles. The van der Waals surface area contributed by atoms with Crippen molar-refractivity contribution in [3.8, 4) is 11.1 Å². The van der Waals surface area contributed by atoms with Gasteiger partial charge in [0.05, 0.1) is 10.5 Å². The van der Waals surface area contributed by atoms with Gasteiger partial charge in [-0.1, -0.05) is 29.8 Å². The Balaban J connectivity index is 2.69. The van der Waals surface area contributed by atoms with E-state index in [1.807, 2.05) is 0 Å². The van der Waals surface area contributed by atoms with Gasteiger partial charge in [-0.2, -0.15) is 13.2 Å². The lowest BCUT2D eigenvalue weighted by atomic mass is 10.0. The van der Waals surface area contributed by atoms with Crippen molar-refractivity contribution in [2.75, 3.05) is 6.26 Å². The van der Waals surface area contributed by atoms with E-state index in [4.69, 9.17) is 11.6 Å². The Morgan fingerprint density at radius 2 is 1.62 bits per heavy atom. The van der Waals surface area contributed by atoms with Crippen LogP contribution in [0.15, 0.2) is 47.4 Å². The highest BCUT2D eigenvalue weighted by molar-refractivity contribution is 7.90. The predicted molar refractivity (Wildman–Crippen MR) is 75.0 cm³/mol. The summed E-state index contributed by atoms with van der Waals surface area (Å²) in [5.74, 6) is 0. The van der Waals surface area contributed by atoms with Crippen LogP contribution in [0.25, 0.3) is 11.1 Å². The fraction of sp³-hybridized carbons (Fsp3) is 0.143. The van der Waals surface area contributed by atoms with Gasteiger partial charge >= 0.3 is 6.18 Å². The molecule has 0 aromatic heterocycles. The molecule has 2 aromatic rings. The second-order valence-electron chi connectivity index (χ2n) is 4.49. The lowest BCUT2D eigenvalue weighted by Gasteiger charge is -2.13. The van der Waals surface area contributed by atoms with E-state index in [1.165, 1.54) is 12.1 Å². The molecule has 0 heterocycles. The van der Waals surface area contributed by atoms with Gasteiger partial charge in [-0.05, 0) is 35.4 Å². The normalized spacial score (nSPS) is 12.4. The highest BCUT2D eigenvalue weighted by Crippen LogP contribution is 2.37. The Kier molecular flexibility index (Phi) is 4.04. The summed E-state index contributed by atoms with van der Waals surface area (Å²) in [6.07, 6.45) is -4.01. The smallest absolute Gasteiger partial charge is 0.224 e. The highest BCUT2D eigenvalue weighted by atomic mass is 35.5. The average Bonchev–Trinajstić information content (AvgIpc) is 2.36. The first-order valence-corrected chi connectivity index (χ1v) is 8.03. The van der Waals surface area contributed by atoms with Gasteiger partial charge in [-0.3, -0.25) is 0 Å². The number of rotatable bonds is 2. The monoisotopic (exact) mass is 334 g/mol. The molecule has 2 rings (SSSR count). The summed E-state index contributed by atoms with van der Waals surface area (Å²) in [6.45, 7) is 0. The lowest BCUT2D eigenvalue weighted by Crippen LogP contribution is -2.12. The number of benzene rings is 2. The molecular formula is C14H10ClF3O2S. The lowest BCUT2D eigenvalue weighted by molar-refractivity contribution is -0.139. The van der Waals surface area contributed by atoms with E-state index >= 15 is 0 Å². The van der Waals surface area contributed by atoms with Gasteiger partial charge in [0.1, 0.15) is 0 Å². The van der Waals surface area contributed by atoms with Crippen LogP contribution >= 0.6 is 11.6 Å². The molecule has 21 heavy (non-hydrogen) atoms. The topological polar surface area (TPSA) is 34.1 Å². The van der Waals surface area contributed by atoms with E-state index in [0.717, 1.165) is 18.4 Å². The van der Waals surface area contributed by atoms with Crippen LogP contribution < -0.4 is 0 Å². The molecular weight excluding hydrogens is 325 g/mol. The molecule has 112 valence electrons. The summed E-state index contributed by atoms with van der Waals surface area (Å²) >= 11 is 5.81. The molecule has 0 amide bonds. The summed E-state index contributed by atoms with van der Waals surface area (Å²) in [5, 5.41) is 0.383. The maximum atomic E-state index is 13.1. The van der Waals surface area contributed by atoms with E-state index in [9.17, 15) is 21.6 Å². The molecule has 0 unspecified atom stereocenters. The fourth-order valence-corrected chi connectivity index (χ4v) is 3.00. The van der Waals surface area contributed by atoms with E-state index in [2.05, 4.69) is 0 Å². The minimum absolute atomic E-state index is 0.247. The Labute approximate surface area is 125 Å². The van der Waals surface area contributed by atoms with Crippen molar-refractivity contribution >= 4 is 21.4 Å². The van der Waals surface area contributed by atoms with Crippen LogP contribution in [0.3, 0.4) is 0 Å². The zero-order valence-corrected chi connectivity index (χ0v) is 12.4. The van der Waals surface area contributed by atoms with Crippen LogP contribution in [0.1, 0.15) is 5.56 Å². The van der Waals surface area contributed by atoms with Crippen molar-refractivity contribution in [3.63, 3.8) is 0 Å². The van der Waals surface area contributed by atoms with Crippen molar-refractivity contribution in [1.82, 2.24) is 0 Å². The van der Waals surface area contributed by atoms with E-state index in [0.29, 0.717) is 10.6 Å². The Morgan fingerprint density at radius 3 is 2.14 bits per heavy atom. The number of hydrogen-bond donors (Lipinski definition) is 0. The molecule has 0 N–H and O–H groups in total. The number of sulfone groups is 1. The third kappa shape index (κ3) is 3.57. The summed E-state index contributed by atoms with van der Waals surface area (Å²) in [6, 6.07) is 9.43. The Hall–Kier alpha value is -1.53. The van der Waals surface area contributed by atoms with Crippen LogP contribution in [0, 0.1) is 0 Å². The Bertz CT molecular complexity index is 783. The minimum atomic E-state index is -4.76. The first-order chi connectivity index (χ1) is 9.59. The molecule has 0 bridgehead atoms. The van der Waals surface area contributed by atoms with Crippen LogP contribution in [-0.4, -0.2) is 14.7 Å². The van der Waals surface area contributed by atoms with Crippen molar-refractivity contribution in [2.24, 2.45) is 0 Å². The summed E-state index contributed by atoms with van der Waals surface area (Å²) in [5.41, 5.74) is -0.451. The third-order valence-electron chi connectivity index (χ3n) is 2.84. The van der Waals surface area contributed by atoms with Crippen LogP contribution in [0.5, 0.6) is 0 Å². The molecule has 0 aliphatic heterocycles. The quantitative estimate of drug-likeness (QED) is 0.814. The fourth-order valence-electron chi connectivity index (χ4n) is 1.92. The first-order valence-electron chi connectivity index (χ1n) is 5.76. The number of hydrogen-bond acceptors (Lipinski definition) is 2. The van der Waals surface area contributed by atoms with Gasteiger partial charge in [0, 0.05) is 11.3 Å². The molecule has 0 aliphatic rings. The van der Waals surface area contributed by atoms with Gasteiger partial charge in [0.15, 0.2) is 9.84 Å². The molecule has 0 saturated heterocycles. The molecule has 2 nitrogen and oxygen atoms in total. The van der Waals surface area contributed by atoms with E-state index in [1.54, 1.807) is 18.2 Å². The molecule has 0 fully saturated rings.